The highest BCUT2D eigenvalue weighted by atomic mass is 35.5. The normalized spacial score (nSPS) is 10.8. The standard InChI is InChI=1S/C25H29ClN4O3/c1-5-24(32)29(14-17(2)3)16-23(31)28-25-27-22(18-9-11-19(26)12-10-18)15-30(25)20-7-6-8-21(13-20)33-4/h6-13,15,17H,5,14,16H2,1-4H3,(H,27,28,31). The maximum atomic E-state index is 12.9. The Balaban J connectivity index is 1.94. The van der Waals surface area contributed by atoms with Gasteiger partial charge in [-0.15, -0.1) is 0 Å². The molecule has 2 aromatic carbocycles. The highest BCUT2D eigenvalue weighted by Gasteiger charge is 2.19. The molecule has 3 rings (SSSR count). The minimum atomic E-state index is -0.310. The van der Waals surface area contributed by atoms with E-state index in [1.807, 2.05) is 56.4 Å². The SMILES string of the molecule is CCC(=O)N(CC(=O)Nc1nc(-c2ccc(Cl)cc2)cn1-c1cccc(OC)c1)CC(C)C. The van der Waals surface area contributed by atoms with Crippen molar-refractivity contribution >= 4 is 29.4 Å². The maximum absolute atomic E-state index is 12.9. The number of rotatable bonds is 9. The number of halogens is 1. The first kappa shape index (κ1) is 24.3. The summed E-state index contributed by atoms with van der Waals surface area (Å²) in [6.45, 7) is 6.30. The summed E-state index contributed by atoms with van der Waals surface area (Å²) in [7, 11) is 1.60. The number of hydrogen-bond acceptors (Lipinski definition) is 4. The van der Waals surface area contributed by atoms with Crippen molar-refractivity contribution in [3.05, 3.63) is 59.8 Å². The fourth-order valence-corrected chi connectivity index (χ4v) is 3.57. The second-order valence-corrected chi connectivity index (χ2v) is 8.53. The molecule has 2 amide bonds. The molecule has 7 nitrogen and oxygen atoms in total. The number of amides is 2. The first-order valence-electron chi connectivity index (χ1n) is 10.9. The van der Waals surface area contributed by atoms with E-state index >= 15 is 0 Å². The minimum absolute atomic E-state index is 0.0356. The van der Waals surface area contributed by atoms with Gasteiger partial charge in [0.2, 0.25) is 17.8 Å². The second kappa shape index (κ2) is 11.0. The lowest BCUT2D eigenvalue weighted by Gasteiger charge is -2.23. The van der Waals surface area contributed by atoms with Gasteiger partial charge >= 0.3 is 0 Å². The van der Waals surface area contributed by atoms with E-state index < -0.39 is 0 Å². The number of nitrogens with one attached hydrogen (secondary N) is 1. The van der Waals surface area contributed by atoms with Gasteiger partial charge in [-0.3, -0.25) is 19.5 Å². The van der Waals surface area contributed by atoms with E-state index in [2.05, 4.69) is 10.3 Å². The number of benzene rings is 2. The van der Waals surface area contributed by atoms with Crippen molar-refractivity contribution in [3.63, 3.8) is 0 Å². The van der Waals surface area contributed by atoms with Crippen LogP contribution in [-0.2, 0) is 9.59 Å². The molecule has 33 heavy (non-hydrogen) atoms. The van der Waals surface area contributed by atoms with Crippen LogP contribution in [0.25, 0.3) is 16.9 Å². The van der Waals surface area contributed by atoms with E-state index in [0.29, 0.717) is 35.4 Å². The maximum Gasteiger partial charge on any atom is 0.246 e. The van der Waals surface area contributed by atoms with Crippen molar-refractivity contribution in [2.75, 3.05) is 25.5 Å². The molecule has 0 aliphatic rings. The molecular weight excluding hydrogens is 440 g/mol. The van der Waals surface area contributed by atoms with Crippen LogP contribution in [0.3, 0.4) is 0 Å². The third kappa shape index (κ3) is 6.35. The number of carbonyl (C=O) groups excluding carboxylic acids is 2. The molecule has 3 aromatic rings. The molecule has 1 heterocycles. The summed E-state index contributed by atoms with van der Waals surface area (Å²) in [5, 5.41) is 3.51. The smallest absolute Gasteiger partial charge is 0.246 e. The van der Waals surface area contributed by atoms with Crippen LogP contribution in [0, 0.1) is 5.92 Å². The van der Waals surface area contributed by atoms with Gasteiger partial charge in [0, 0.05) is 35.8 Å². The highest BCUT2D eigenvalue weighted by molar-refractivity contribution is 6.30. The number of imidazole rings is 1. The van der Waals surface area contributed by atoms with Crippen LogP contribution in [0.15, 0.2) is 54.7 Å². The number of aromatic nitrogens is 2. The average Bonchev–Trinajstić information content (AvgIpc) is 3.21. The predicted molar refractivity (Wildman–Crippen MR) is 131 cm³/mol. The van der Waals surface area contributed by atoms with E-state index in [4.69, 9.17) is 16.3 Å². The molecule has 8 heteroatoms. The Bertz CT molecular complexity index is 1110. The van der Waals surface area contributed by atoms with E-state index in [1.54, 1.807) is 35.6 Å². The zero-order chi connectivity index (χ0) is 24.0. The molecule has 0 fully saturated rings. The van der Waals surface area contributed by atoms with Gasteiger partial charge in [-0.25, -0.2) is 4.98 Å². The molecular formula is C25H29ClN4O3. The third-order valence-electron chi connectivity index (χ3n) is 5.00. The molecule has 174 valence electrons. The van der Waals surface area contributed by atoms with Crippen LogP contribution in [0.5, 0.6) is 5.75 Å². The average molecular weight is 469 g/mol. The lowest BCUT2D eigenvalue weighted by molar-refractivity contribution is -0.134. The largest absolute Gasteiger partial charge is 0.497 e. The third-order valence-corrected chi connectivity index (χ3v) is 5.26. The molecule has 0 unspecified atom stereocenters. The first-order valence-corrected chi connectivity index (χ1v) is 11.3. The van der Waals surface area contributed by atoms with E-state index in [9.17, 15) is 9.59 Å². The molecule has 0 saturated heterocycles. The zero-order valence-corrected chi connectivity index (χ0v) is 20.1. The molecule has 0 bridgehead atoms. The van der Waals surface area contributed by atoms with Crippen molar-refractivity contribution in [2.24, 2.45) is 5.92 Å². The first-order chi connectivity index (χ1) is 15.8. The van der Waals surface area contributed by atoms with Gasteiger partial charge in [0.25, 0.3) is 0 Å². The van der Waals surface area contributed by atoms with Crippen LogP contribution < -0.4 is 10.1 Å². The molecule has 0 atom stereocenters. The van der Waals surface area contributed by atoms with Gasteiger partial charge in [0.1, 0.15) is 5.75 Å². The van der Waals surface area contributed by atoms with Crippen molar-refractivity contribution in [3.8, 4) is 22.7 Å². The Hall–Kier alpha value is -3.32. The minimum Gasteiger partial charge on any atom is -0.497 e. The van der Waals surface area contributed by atoms with Gasteiger partial charge in [0.05, 0.1) is 25.0 Å². The summed E-state index contributed by atoms with van der Waals surface area (Å²) in [5.41, 5.74) is 2.31. The van der Waals surface area contributed by atoms with Gasteiger partial charge in [-0.05, 0) is 30.2 Å². The number of carbonyl (C=O) groups is 2. The Labute approximate surface area is 199 Å². The summed E-state index contributed by atoms with van der Waals surface area (Å²) in [4.78, 5) is 31.5. The fraction of sp³-hybridized carbons (Fsp3) is 0.320. The van der Waals surface area contributed by atoms with E-state index in [-0.39, 0.29) is 24.3 Å². The summed E-state index contributed by atoms with van der Waals surface area (Å²) in [5.74, 6) is 0.921. The fourth-order valence-electron chi connectivity index (χ4n) is 3.44. The van der Waals surface area contributed by atoms with Crippen LogP contribution in [-0.4, -0.2) is 46.5 Å². The zero-order valence-electron chi connectivity index (χ0n) is 19.3. The monoisotopic (exact) mass is 468 g/mol. The van der Waals surface area contributed by atoms with Crippen molar-refractivity contribution in [1.29, 1.82) is 0 Å². The summed E-state index contributed by atoms with van der Waals surface area (Å²) >= 11 is 6.03. The van der Waals surface area contributed by atoms with Gasteiger partial charge < -0.3 is 9.64 Å². The quantitative estimate of drug-likeness (QED) is 0.477. The van der Waals surface area contributed by atoms with E-state index in [0.717, 1.165) is 11.3 Å². The molecule has 0 aliphatic heterocycles. The van der Waals surface area contributed by atoms with Crippen LogP contribution in [0.2, 0.25) is 5.02 Å². The summed E-state index contributed by atoms with van der Waals surface area (Å²) in [6, 6.07) is 14.8. The van der Waals surface area contributed by atoms with Gasteiger partial charge in [0.15, 0.2) is 0 Å². The number of ether oxygens (including phenoxy) is 1. The van der Waals surface area contributed by atoms with E-state index in [1.165, 1.54) is 0 Å². The molecule has 0 spiro atoms. The second-order valence-electron chi connectivity index (χ2n) is 8.10. The topological polar surface area (TPSA) is 76.5 Å². The number of anilines is 1. The summed E-state index contributed by atoms with van der Waals surface area (Å²) < 4.78 is 7.14. The Kier molecular flexibility index (Phi) is 8.11. The summed E-state index contributed by atoms with van der Waals surface area (Å²) in [6.07, 6.45) is 2.19. The highest BCUT2D eigenvalue weighted by Crippen LogP contribution is 2.27. The lowest BCUT2D eigenvalue weighted by atomic mass is 10.2. The van der Waals surface area contributed by atoms with Crippen LogP contribution >= 0.6 is 11.6 Å². The van der Waals surface area contributed by atoms with Gasteiger partial charge in [-0.1, -0.05) is 50.6 Å². The van der Waals surface area contributed by atoms with Crippen LogP contribution in [0.4, 0.5) is 5.95 Å². The molecule has 1 N–H and O–H groups in total. The number of methoxy groups -OCH3 is 1. The molecule has 0 radical (unpaired) electrons. The molecule has 0 saturated carbocycles. The Morgan fingerprint density at radius 2 is 1.91 bits per heavy atom. The predicted octanol–water partition coefficient (Wildman–Crippen LogP) is 5.03. The van der Waals surface area contributed by atoms with Crippen LogP contribution in [0.1, 0.15) is 27.2 Å². The molecule has 1 aromatic heterocycles. The van der Waals surface area contributed by atoms with Gasteiger partial charge in [-0.2, -0.15) is 0 Å². The van der Waals surface area contributed by atoms with Crippen molar-refractivity contribution < 1.29 is 14.3 Å². The van der Waals surface area contributed by atoms with Crippen molar-refractivity contribution in [2.45, 2.75) is 27.2 Å². The Morgan fingerprint density at radius 3 is 2.55 bits per heavy atom. The molecule has 0 aliphatic carbocycles. The number of nitrogens with zero attached hydrogens (tertiary/aromatic N) is 3. The Morgan fingerprint density at radius 1 is 1.18 bits per heavy atom. The number of hydrogen-bond donors (Lipinski definition) is 1. The van der Waals surface area contributed by atoms with Crippen molar-refractivity contribution in [1.82, 2.24) is 14.5 Å². The lowest BCUT2D eigenvalue weighted by Crippen LogP contribution is -2.40.